The van der Waals surface area contributed by atoms with Crippen LogP contribution in [0.25, 0.3) is 0 Å². The number of carbonyl (C=O) groups is 1. The molecule has 0 bridgehead atoms. The molecule has 8 nitrogen and oxygen atoms in total. The normalized spacial score (nSPS) is 15.1. The van der Waals surface area contributed by atoms with Crippen LogP contribution < -0.4 is 23.8 Å². The number of fused-ring (bicyclic) bond motifs is 1. The Hall–Kier alpha value is -3.72. The smallest absolute Gasteiger partial charge is 0.264 e. The van der Waals surface area contributed by atoms with Crippen LogP contribution in [0.3, 0.4) is 0 Å². The summed E-state index contributed by atoms with van der Waals surface area (Å²) in [6, 6.07) is 20.6. The number of nitrogens with one attached hydrogen (secondary N) is 1. The van der Waals surface area contributed by atoms with Gasteiger partial charge >= 0.3 is 0 Å². The first kappa shape index (κ1) is 23.4. The Morgan fingerprint density at radius 2 is 1.71 bits per heavy atom. The maximum Gasteiger partial charge on any atom is 0.264 e. The summed E-state index contributed by atoms with van der Waals surface area (Å²) in [5.74, 6) is 1.06. The molecule has 1 amide bonds. The number of sulfonamides is 1. The predicted octanol–water partition coefficient (Wildman–Crippen LogP) is 3.16. The Kier molecular flexibility index (Phi) is 6.93. The van der Waals surface area contributed by atoms with Crippen molar-refractivity contribution in [3.8, 4) is 17.2 Å². The van der Waals surface area contributed by atoms with Gasteiger partial charge in [-0.3, -0.25) is 9.10 Å². The van der Waals surface area contributed by atoms with Gasteiger partial charge in [-0.1, -0.05) is 42.0 Å². The zero-order chi connectivity index (χ0) is 24.1. The lowest BCUT2D eigenvalue weighted by molar-refractivity contribution is -0.127. The van der Waals surface area contributed by atoms with E-state index in [0.717, 1.165) is 5.56 Å². The second-order valence-corrected chi connectivity index (χ2v) is 9.58. The summed E-state index contributed by atoms with van der Waals surface area (Å²) in [6.07, 6.45) is -1.01. The number of methoxy groups -OCH3 is 1. The van der Waals surface area contributed by atoms with Crippen molar-refractivity contribution in [2.45, 2.75) is 17.9 Å². The third kappa shape index (κ3) is 4.94. The number of nitrogens with zero attached hydrogens (tertiary/aromatic N) is 1. The van der Waals surface area contributed by atoms with Crippen molar-refractivity contribution in [2.75, 3.05) is 31.1 Å². The van der Waals surface area contributed by atoms with E-state index in [1.54, 1.807) is 67.8 Å². The van der Waals surface area contributed by atoms with E-state index in [-0.39, 0.29) is 24.6 Å². The van der Waals surface area contributed by atoms with Crippen molar-refractivity contribution in [3.63, 3.8) is 0 Å². The van der Waals surface area contributed by atoms with Crippen molar-refractivity contribution < 1.29 is 27.4 Å². The standard InChI is InChI=1S/C25H26N2O6S/c1-18-11-13-19(14-12-18)34(29,30)27-17-24(33-21-8-4-3-7-20(21)27)25(28)26-15-16-32-23-10-6-5-9-22(23)31-2/h3-14,24H,15-17H2,1-2H3,(H,26,28). The number of hydrogen-bond donors (Lipinski definition) is 1. The van der Waals surface area contributed by atoms with Gasteiger partial charge in [0.05, 0.1) is 30.8 Å². The third-order valence-electron chi connectivity index (χ3n) is 5.36. The molecule has 0 fully saturated rings. The van der Waals surface area contributed by atoms with Crippen molar-refractivity contribution in [1.82, 2.24) is 5.32 Å². The van der Waals surface area contributed by atoms with E-state index in [0.29, 0.717) is 22.9 Å². The first-order chi connectivity index (χ1) is 16.4. The van der Waals surface area contributed by atoms with Gasteiger partial charge in [-0.05, 0) is 43.3 Å². The van der Waals surface area contributed by atoms with Gasteiger partial charge in [0.25, 0.3) is 15.9 Å². The van der Waals surface area contributed by atoms with E-state index in [4.69, 9.17) is 14.2 Å². The van der Waals surface area contributed by atoms with Gasteiger partial charge in [0.1, 0.15) is 12.4 Å². The summed E-state index contributed by atoms with van der Waals surface area (Å²) in [5.41, 5.74) is 1.35. The van der Waals surface area contributed by atoms with E-state index >= 15 is 0 Å². The highest BCUT2D eigenvalue weighted by Crippen LogP contribution is 2.36. The second kappa shape index (κ2) is 10.0. The van der Waals surface area contributed by atoms with Crippen molar-refractivity contribution >= 4 is 21.6 Å². The SMILES string of the molecule is COc1ccccc1OCCNC(=O)C1CN(S(=O)(=O)c2ccc(C)cc2)c2ccccc2O1. The van der Waals surface area contributed by atoms with E-state index in [2.05, 4.69) is 5.32 Å². The molecule has 1 unspecified atom stereocenters. The molecule has 34 heavy (non-hydrogen) atoms. The number of amides is 1. The minimum absolute atomic E-state index is 0.146. The lowest BCUT2D eigenvalue weighted by atomic mass is 10.2. The van der Waals surface area contributed by atoms with Crippen LogP contribution in [0.4, 0.5) is 5.69 Å². The summed E-state index contributed by atoms with van der Waals surface area (Å²) in [7, 11) is -2.34. The molecule has 0 aromatic heterocycles. The average molecular weight is 483 g/mol. The predicted molar refractivity (Wildman–Crippen MR) is 128 cm³/mol. The summed E-state index contributed by atoms with van der Waals surface area (Å²) >= 11 is 0. The van der Waals surface area contributed by atoms with Gasteiger partial charge in [0.15, 0.2) is 17.6 Å². The van der Waals surface area contributed by atoms with Gasteiger partial charge in [0.2, 0.25) is 0 Å². The van der Waals surface area contributed by atoms with Crippen LogP contribution in [0.5, 0.6) is 17.2 Å². The van der Waals surface area contributed by atoms with Gasteiger partial charge in [-0.25, -0.2) is 8.42 Å². The molecule has 0 spiro atoms. The molecule has 9 heteroatoms. The molecule has 0 saturated heterocycles. The highest BCUT2D eigenvalue weighted by Gasteiger charge is 2.37. The lowest BCUT2D eigenvalue weighted by Gasteiger charge is -2.34. The fraction of sp³-hybridized carbons (Fsp3) is 0.240. The van der Waals surface area contributed by atoms with Gasteiger partial charge < -0.3 is 19.5 Å². The molecule has 0 saturated carbocycles. The number of hydrogen-bond acceptors (Lipinski definition) is 6. The fourth-order valence-corrected chi connectivity index (χ4v) is 5.07. The number of para-hydroxylation sites is 4. The third-order valence-corrected chi connectivity index (χ3v) is 7.16. The molecule has 0 radical (unpaired) electrons. The average Bonchev–Trinajstić information content (AvgIpc) is 2.86. The minimum Gasteiger partial charge on any atom is -0.493 e. The number of rotatable bonds is 8. The Labute approximate surface area is 199 Å². The second-order valence-electron chi connectivity index (χ2n) is 7.71. The van der Waals surface area contributed by atoms with E-state index in [1.165, 1.54) is 4.31 Å². The van der Waals surface area contributed by atoms with Gasteiger partial charge in [-0.2, -0.15) is 0 Å². The number of aryl methyl sites for hydroxylation is 1. The Bertz CT molecular complexity index is 1260. The molecular formula is C25H26N2O6S. The Morgan fingerprint density at radius 3 is 2.44 bits per heavy atom. The quantitative estimate of drug-likeness (QED) is 0.496. The molecule has 1 N–H and O–H groups in total. The van der Waals surface area contributed by atoms with Crippen LogP contribution in [0.1, 0.15) is 5.56 Å². The monoisotopic (exact) mass is 482 g/mol. The number of benzene rings is 3. The highest BCUT2D eigenvalue weighted by molar-refractivity contribution is 7.92. The van der Waals surface area contributed by atoms with Gasteiger partial charge in [-0.15, -0.1) is 0 Å². The van der Waals surface area contributed by atoms with Crippen LogP contribution in [0.2, 0.25) is 0 Å². The topological polar surface area (TPSA) is 94.2 Å². The van der Waals surface area contributed by atoms with Crippen LogP contribution in [-0.4, -0.2) is 47.2 Å². The number of anilines is 1. The van der Waals surface area contributed by atoms with Gasteiger partial charge in [0, 0.05) is 0 Å². The minimum atomic E-state index is -3.89. The molecule has 1 atom stereocenters. The van der Waals surface area contributed by atoms with Crippen molar-refractivity contribution in [1.29, 1.82) is 0 Å². The molecule has 4 rings (SSSR count). The van der Waals surface area contributed by atoms with E-state index in [9.17, 15) is 13.2 Å². The zero-order valence-electron chi connectivity index (χ0n) is 18.9. The first-order valence-electron chi connectivity index (χ1n) is 10.8. The van der Waals surface area contributed by atoms with Crippen LogP contribution in [0, 0.1) is 6.92 Å². The fourth-order valence-electron chi connectivity index (χ4n) is 3.59. The zero-order valence-corrected chi connectivity index (χ0v) is 19.7. The summed E-state index contributed by atoms with van der Waals surface area (Å²) < 4.78 is 44.8. The molecule has 1 aliphatic rings. The molecule has 1 aliphatic heterocycles. The van der Waals surface area contributed by atoms with Crippen molar-refractivity contribution in [3.05, 3.63) is 78.4 Å². The molecule has 0 aliphatic carbocycles. The Balaban J connectivity index is 1.46. The maximum absolute atomic E-state index is 13.4. The largest absolute Gasteiger partial charge is 0.493 e. The maximum atomic E-state index is 13.4. The number of carbonyl (C=O) groups excluding carboxylic acids is 1. The number of ether oxygens (including phenoxy) is 3. The Morgan fingerprint density at radius 1 is 1.03 bits per heavy atom. The molecular weight excluding hydrogens is 456 g/mol. The highest BCUT2D eigenvalue weighted by atomic mass is 32.2. The lowest BCUT2D eigenvalue weighted by Crippen LogP contribution is -2.51. The summed E-state index contributed by atoms with van der Waals surface area (Å²) in [6.45, 7) is 2.16. The van der Waals surface area contributed by atoms with E-state index < -0.39 is 22.0 Å². The van der Waals surface area contributed by atoms with Crippen LogP contribution >= 0.6 is 0 Å². The molecule has 3 aromatic carbocycles. The van der Waals surface area contributed by atoms with E-state index in [1.807, 2.05) is 19.1 Å². The molecule has 178 valence electrons. The van der Waals surface area contributed by atoms with Crippen LogP contribution in [0.15, 0.2) is 77.7 Å². The first-order valence-corrected chi connectivity index (χ1v) is 12.2. The summed E-state index contributed by atoms with van der Waals surface area (Å²) in [4.78, 5) is 13.0. The summed E-state index contributed by atoms with van der Waals surface area (Å²) in [5, 5.41) is 2.76. The molecule has 1 heterocycles. The van der Waals surface area contributed by atoms with Crippen LogP contribution in [-0.2, 0) is 14.8 Å². The molecule has 3 aromatic rings. The van der Waals surface area contributed by atoms with Crippen molar-refractivity contribution in [2.24, 2.45) is 0 Å².